The van der Waals surface area contributed by atoms with E-state index in [2.05, 4.69) is 20.9 Å². The van der Waals surface area contributed by atoms with Gasteiger partial charge in [-0.3, -0.25) is 19.2 Å². The summed E-state index contributed by atoms with van der Waals surface area (Å²) in [7, 11) is 0. The molecule has 0 aliphatic heterocycles. The maximum Gasteiger partial charge on any atom is 0.326 e. The van der Waals surface area contributed by atoms with E-state index in [1.54, 1.807) is 18.3 Å². The largest absolute Gasteiger partial charge is 0.508 e. The van der Waals surface area contributed by atoms with Crippen molar-refractivity contribution in [1.82, 2.24) is 20.9 Å². The van der Waals surface area contributed by atoms with Gasteiger partial charge in [-0.1, -0.05) is 44.2 Å². The van der Waals surface area contributed by atoms with Crippen LogP contribution in [0, 0.1) is 5.92 Å². The van der Waals surface area contributed by atoms with Crippen molar-refractivity contribution in [3.05, 3.63) is 65.9 Å². The number of carboxylic acids is 2. The summed E-state index contributed by atoms with van der Waals surface area (Å²) in [4.78, 5) is 66.0. The van der Waals surface area contributed by atoms with Crippen LogP contribution in [0.15, 0.2) is 54.7 Å². The van der Waals surface area contributed by atoms with Crippen LogP contribution >= 0.6 is 0 Å². The monoisotopic (exact) mass is 609 g/mol. The van der Waals surface area contributed by atoms with Crippen molar-refractivity contribution in [2.45, 2.75) is 70.1 Å². The van der Waals surface area contributed by atoms with Crippen LogP contribution in [0.1, 0.15) is 44.2 Å². The fourth-order valence-corrected chi connectivity index (χ4v) is 4.76. The molecule has 0 saturated carbocycles. The molecule has 13 heteroatoms. The number of aromatic hydroxyl groups is 1. The van der Waals surface area contributed by atoms with Gasteiger partial charge in [0.05, 0.1) is 6.04 Å². The Morgan fingerprint density at radius 1 is 0.818 bits per heavy atom. The van der Waals surface area contributed by atoms with Gasteiger partial charge in [-0.2, -0.15) is 0 Å². The van der Waals surface area contributed by atoms with Crippen LogP contribution in [0.5, 0.6) is 5.75 Å². The van der Waals surface area contributed by atoms with E-state index in [1.807, 2.05) is 38.1 Å². The van der Waals surface area contributed by atoms with E-state index in [4.69, 9.17) is 5.73 Å². The van der Waals surface area contributed by atoms with Crippen LogP contribution in [0.4, 0.5) is 0 Å². The zero-order valence-corrected chi connectivity index (χ0v) is 24.6. The van der Waals surface area contributed by atoms with Crippen molar-refractivity contribution in [1.29, 1.82) is 0 Å². The number of aromatic amines is 1. The van der Waals surface area contributed by atoms with Crippen LogP contribution in [0.25, 0.3) is 10.9 Å². The number of rotatable bonds is 16. The zero-order valence-electron chi connectivity index (χ0n) is 24.6. The van der Waals surface area contributed by atoms with Crippen LogP contribution in [0.3, 0.4) is 0 Å². The number of phenols is 1. The molecule has 4 atom stereocenters. The van der Waals surface area contributed by atoms with Crippen molar-refractivity contribution in [2.75, 3.05) is 0 Å². The minimum absolute atomic E-state index is 0.0103. The number of carbonyl (C=O) groups is 5. The predicted molar refractivity (Wildman–Crippen MR) is 162 cm³/mol. The second kappa shape index (κ2) is 15.5. The lowest BCUT2D eigenvalue weighted by Gasteiger charge is -2.26. The molecule has 1 aromatic heterocycles. The quantitative estimate of drug-likeness (QED) is 0.117. The maximum atomic E-state index is 13.4. The van der Waals surface area contributed by atoms with E-state index in [0.29, 0.717) is 11.1 Å². The molecule has 4 unspecified atom stereocenters. The van der Waals surface area contributed by atoms with Gasteiger partial charge in [0.15, 0.2) is 0 Å². The second-order valence-electron chi connectivity index (χ2n) is 11.1. The van der Waals surface area contributed by atoms with E-state index in [9.17, 15) is 39.3 Å². The molecular weight excluding hydrogens is 570 g/mol. The molecule has 0 spiro atoms. The highest BCUT2D eigenvalue weighted by Gasteiger charge is 2.31. The smallest absolute Gasteiger partial charge is 0.326 e. The molecule has 3 rings (SSSR count). The fraction of sp³-hybridized carbons (Fsp3) is 0.387. The molecule has 0 aliphatic carbocycles. The molecule has 0 radical (unpaired) electrons. The number of aliphatic carboxylic acids is 2. The van der Waals surface area contributed by atoms with Crippen LogP contribution in [0.2, 0.25) is 0 Å². The third-order valence-electron chi connectivity index (χ3n) is 7.06. The van der Waals surface area contributed by atoms with Crippen molar-refractivity contribution in [3.8, 4) is 5.75 Å². The standard InChI is InChI=1S/C31H39N5O8/c1-17(2)13-25(30(42)36-26(31(43)44)15-19-16-33-23-6-4-3-5-21(19)23)35-29(41)24(11-12-27(38)39)34-28(40)22(32)14-18-7-9-20(37)10-8-18/h3-10,16-17,22,24-26,33,37H,11-15,32H2,1-2H3,(H,34,40)(H,35,41)(H,36,42)(H,38,39)(H,43,44). The Balaban J connectivity index is 1.72. The van der Waals surface area contributed by atoms with Gasteiger partial charge in [-0.25, -0.2) is 4.79 Å². The van der Waals surface area contributed by atoms with E-state index < -0.39 is 60.2 Å². The number of nitrogens with one attached hydrogen (secondary N) is 4. The first-order valence-electron chi connectivity index (χ1n) is 14.3. The first-order chi connectivity index (χ1) is 20.8. The van der Waals surface area contributed by atoms with Crippen molar-refractivity contribution in [2.24, 2.45) is 11.7 Å². The first-order valence-corrected chi connectivity index (χ1v) is 14.3. The molecule has 1 heterocycles. The Morgan fingerprint density at radius 2 is 1.43 bits per heavy atom. The summed E-state index contributed by atoms with van der Waals surface area (Å²) in [6.07, 6.45) is 1.19. The minimum atomic E-state index is -1.33. The third-order valence-corrected chi connectivity index (χ3v) is 7.06. The van der Waals surface area contributed by atoms with Gasteiger partial charge in [0.2, 0.25) is 17.7 Å². The second-order valence-corrected chi connectivity index (χ2v) is 11.1. The molecule has 3 amide bonds. The third kappa shape index (κ3) is 9.83. The first kappa shape index (κ1) is 33.6. The van der Waals surface area contributed by atoms with Crippen molar-refractivity contribution < 1.29 is 39.3 Å². The number of H-pyrrole nitrogens is 1. The Bertz CT molecular complexity index is 1470. The van der Waals surface area contributed by atoms with Gasteiger partial charge in [-0.15, -0.1) is 0 Å². The van der Waals surface area contributed by atoms with Gasteiger partial charge in [-0.05, 0) is 54.5 Å². The molecule has 2 aromatic carbocycles. The highest BCUT2D eigenvalue weighted by atomic mass is 16.4. The molecule has 236 valence electrons. The normalized spacial score (nSPS) is 13.9. The average molecular weight is 610 g/mol. The SMILES string of the molecule is CC(C)CC(NC(=O)C(CCC(=O)O)NC(=O)C(N)Cc1ccc(O)cc1)C(=O)NC(Cc1c[nH]c2ccccc12)C(=O)O. The van der Waals surface area contributed by atoms with Crippen LogP contribution < -0.4 is 21.7 Å². The van der Waals surface area contributed by atoms with Crippen LogP contribution in [-0.4, -0.2) is 74.1 Å². The number of hydrogen-bond donors (Lipinski definition) is 8. The Morgan fingerprint density at radius 3 is 2.07 bits per heavy atom. The minimum Gasteiger partial charge on any atom is -0.508 e. The Kier molecular flexibility index (Phi) is 11.9. The average Bonchev–Trinajstić information content (AvgIpc) is 3.37. The number of carboxylic acid groups (broad SMARTS) is 2. The summed E-state index contributed by atoms with van der Waals surface area (Å²) >= 11 is 0. The molecule has 13 nitrogen and oxygen atoms in total. The number of para-hydroxylation sites is 1. The summed E-state index contributed by atoms with van der Waals surface area (Å²) in [5, 5.41) is 37.0. The Labute approximate surface area is 254 Å². The number of benzene rings is 2. The molecule has 44 heavy (non-hydrogen) atoms. The van der Waals surface area contributed by atoms with Gasteiger partial charge in [0.1, 0.15) is 23.9 Å². The molecule has 0 saturated heterocycles. The number of carbonyl (C=O) groups excluding carboxylic acids is 3. The lowest BCUT2D eigenvalue weighted by molar-refractivity contribution is -0.142. The molecular formula is C31H39N5O8. The highest BCUT2D eigenvalue weighted by molar-refractivity contribution is 5.94. The molecule has 0 fully saturated rings. The zero-order chi connectivity index (χ0) is 32.4. The highest BCUT2D eigenvalue weighted by Crippen LogP contribution is 2.19. The lowest BCUT2D eigenvalue weighted by Crippen LogP contribution is -2.57. The number of fused-ring (bicyclic) bond motifs is 1. The summed E-state index contributed by atoms with van der Waals surface area (Å²) < 4.78 is 0. The topological polar surface area (TPSA) is 224 Å². The molecule has 9 N–H and O–H groups in total. The van der Waals surface area contributed by atoms with E-state index >= 15 is 0 Å². The fourth-order valence-electron chi connectivity index (χ4n) is 4.76. The molecule has 3 aromatic rings. The van der Waals surface area contributed by atoms with Crippen LogP contribution in [-0.2, 0) is 36.8 Å². The van der Waals surface area contributed by atoms with E-state index in [0.717, 1.165) is 10.9 Å². The van der Waals surface area contributed by atoms with Crippen molar-refractivity contribution in [3.63, 3.8) is 0 Å². The lowest BCUT2D eigenvalue weighted by atomic mass is 10.00. The number of phenolic OH excluding ortho intramolecular Hbond substituents is 1. The van der Waals surface area contributed by atoms with E-state index in [-0.39, 0.29) is 37.4 Å². The van der Waals surface area contributed by atoms with Gasteiger partial charge in [0.25, 0.3) is 0 Å². The molecule has 0 aliphatic rings. The number of amides is 3. The van der Waals surface area contributed by atoms with Gasteiger partial charge >= 0.3 is 11.9 Å². The summed E-state index contributed by atoms with van der Waals surface area (Å²) in [5.41, 5.74) is 8.21. The van der Waals surface area contributed by atoms with Gasteiger partial charge in [0, 0.05) is 29.9 Å². The molecule has 0 bridgehead atoms. The van der Waals surface area contributed by atoms with Gasteiger partial charge < -0.3 is 42.0 Å². The number of aromatic nitrogens is 1. The van der Waals surface area contributed by atoms with E-state index in [1.165, 1.54) is 12.1 Å². The Hall–Kier alpha value is -4.91. The van der Waals surface area contributed by atoms with Crippen molar-refractivity contribution >= 4 is 40.6 Å². The number of hydrogen-bond acceptors (Lipinski definition) is 7. The number of nitrogens with two attached hydrogens (primary N) is 1. The maximum absolute atomic E-state index is 13.4. The summed E-state index contributed by atoms with van der Waals surface area (Å²) in [6.45, 7) is 3.64. The predicted octanol–water partition coefficient (Wildman–Crippen LogP) is 1.44. The summed E-state index contributed by atoms with van der Waals surface area (Å²) in [6, 6.07) is 8.55. The summed E-state index contributed by atoms with van der Waals surface area (Å²) in [5.74, 6) is -4.74.